The van der Waals surface area contributed by atoms with Crippen molar-refractivity contribution in [3.63, 3.8) is 0 Å². The molecule has 0 fully saturated rings. The molecule has 0 amide bonds. The molecule has 0 saturated heterocycles. The summed E-state index contributed by atoms with van der Waals surface area (Å²) in [6, 6.07) is 13.0. The summed E-state index contributed by atoms with van der Waals surface area (Å²) >= 11 is 0. The average Bonchev–Trinajstić information content (AvgIpc) is 2.37. The van der Waals surface area contributed by atoms with Gasteiger partial charge in [-0.2, -0.15) is 13.2 Å². The Morgan fingerprint density at radius 1 is 0.947 bits per heavy atom. The summed E-state index contributed by atoms with van der Waals surface area (Å²) in [7, 11) is 0. The minimum absolute atomic E-state index is 0.503. The van der Waals surface area contributed by atoms with Crippen LogP contribution in [0.2, 0.25) is 0 Å². The number of anilines is 1. The van der Waals surface area contributed by atoms with E-state index >= 15 is 0 Å². The highest BCUT2D eigenvalue weighted by molar-refractivity contribution is 5.50. The van der Waals surface area contributed by atoms with Crippen LogP contribution in [-0.4, -0.2) is 0 Å². The Balaban J connectivity index is 2.03. The van der Waals surface area contributed by atoms with Gasteiger partial charge in [0.05, 0.1) is 5.56 Å². The van der Waals surface area contributed by atoms with Gasteiger partial charge in [0.15, 0.2) is 0 Å². The largest absolute Gasteiger partial charge is 0.416 e. The van der Waals surface area contributed by atoms with E-state index in [2.05, 4.69) is 5.32 Å². The van der Waals surface area contributed by atoms with Gasteiger partial charge in [-0.05, 0) is 36.2 Å². The quantitative estimate of drug-likeness (QED) is 0.853. The van der Waals surface area contributed by atoms with Crippen molar-refractivity contribution in [3.8, 4) is 0 Å². The van der Waals surface area contributed by atoms with Gasteiger partial charge in [-0.3, -0.25) is 0 Å². The zero-order valence-electron chi connectivity index (χ0n) is 10.5. The van der Waals surface area contributed by atoms with Crippen LogP contribution in [0, 0.1) is 6.92 Å². The number of nitrogens with one attached hydrogen (secondary N) is 1. The first-order valence-corrected chi connectivity index (χ1v) is 5.92. The van der Waals surface area contributed by atoms with Crippen LogP contribution in [0.5, 0.6) is 0 Å². The first-order valence-electron chi connectivity index (χ1n) is 5.92. The lowest BCUT2D eigenvalue weighted by atomic mass is 10.1. The normalized spacial score (nSPS) is 11.4. The van der Waals surface area contributed by atoms with E-state index in [-0.39, 0.29) is 0 Å². The predicted molar refractivity (Wildman–Crippen MR) is 69.9 cm³/mol. The number of para-hydroxylation sites is 1. The zero-order valence-corrected chi connectivity index (χ0v) is 10.5. The lowest BCUT2D eigenvalue weighted by Gasteiger charge is -2.10. The molecule has 2 aromatic rings. The van der Waals surface area contributed by atoms with E-state index in [9.17, 15) is 13.2 Å². The molecule has 0 atom stereocenters. The summed E-state index contributed by atoms with van der Waals surface area (Å²) in [6.45, 7) is 2.48. The van der Waals surface area contributed by atoms with Crippen molar-refractivity contribution in [2.24, 2.45) is 0 Å². The van der Waals surface area contributed by atoms with Crippen LogP contribution < -0.4 is 5.32 Å². The molecule has 2 rings (SSSR count). The lowest BCUT2D eigenvalue weighted by Crippen LogP contribution is -2.05. The van der Waals surface area contributed by atoms with Gasteiger partial charge < -0.3 is 5.32 Å². The van der Waals surface area contributed by atoms with Crippen LogP contribution in [0.1, 0.15) is 16.7 Å². The molecular formula is C15H14F3N. The van der Waals surface area contributed by atoms with Crippen molar-refractivity contribution < 1.29 is 13.2 Å². The molecule has 19 heavy (non-hydrogen) atoms. The van der Waals surface area contributed by atoms with Gasteiger partial charge in [-0.15, -0.1) is 0 Å². The molecule has 0 unspecified atom stereocenters. The first kappa shape index (κ1) is 13.5. The van der Waals surface area contributed by atoms with Gasteiger partial charge in [0, 0.05) is 12.2 Å². The van der Waals surface area contributed by atoms with Crippen LogP contribution >= 0.6 is 0 Å². The van der Waals surface area contributed by atoms with E-state index < -0.39 is 11.7 Å². The Morgan fingerprint density at radius 3 is 2.16 bits per heavy atom. The lowest BCUT2D eigenvalue weighted by molar-refractivity contribution is -0.137. The smallest absolute Gasteiger partial charge is 0.381 e. The summed E-state index contributed by atoms with van der Waals surface area (Å²) in [4.78, 5) is 0. The van der Waals surface area contributed by atoms with Crippen molar-refractivity contribution in [3.05, 3.63) is 65.2 Å². The van der Waals surface area contributed by atoms with Gasteiger partial charge in [0.2, 0.25) is 0 Å². The third kappa shape index (κ3) is 3.50. The number of alkyl halides is 3. The molecule has 2 aromatic carbocycles. The second-order valence-electron chi connectivity index (χ2n) is 4.36. The Morgan fingerprint density at radius 2 is 1.58 bits per heavy atom. The van der Waals surface area contributed by atoms with Crippen molar-refractivity contribution in [1.82, 2.24) is 0 Å². The molecule has 100 valence electrons. The summed E-state index contributed by atoms with van der Waals surface area (Å²) < 4.78 is 37.2. The number of hydrogen-bond donors (Lipinski definition) is 1. The molecular weight excluding hydrogens is 251 g/mol. The number of benzene rings is 2. The van der Waals surface area contributed by atoms with Gasteiger partial charge in [0.25, 0.3) is 0 Å². The summed E-state index contributed by atoms with van der Waals surface area (Å²) in [6.07, 6.45) is -4.28. The van der Waals surface area contributed by atoms with Crippen LogP contribution in [0.15, 0.2) is 48.5 Å². The van der Waals surface area contributed by atoms with Gasteiger partial charge >= 0.3 is 6.18 Å². The van der Waals surface area contributed by atoms with E-state index in [0.717, 1.165) is 28.9 Å². The Bertz CT molecular complexity index is 544. The second-order valence-corrected chi connectivity index (χ2v) is 4.36. The molecule has 0 saturated carbocycles. The minimum Gasteiger partial charge on any atom is -0.381 e. The number of halogens is 3. The maximum atomic E-state index is 12.4. The fraction of sp³-hybridized carbons (Fsp3) is 0.200. The molecule has 4 heteroatoms. The fourth-order valence-electron chi connectivity index (χ4n) is 1.78. The van der Waals surface area contributed by atoms with Crippen molar-refractivity contribution in [2.45, 2.75) is 19.6 Å². The van der Waals surface area contributed by atoms with Crippen LogP contribution in [0.25, 0.3) is 0 Å². The standard InChI is InChI=1S/C15H14F3N/c1-11-4-2-3-5-14(11)19-10-12-6-8-13(9-7-12)15(16,17)18/h2-9,19H,10H2,1H3. The number of aryl methyl sites for hydroxylation is 1. The molecule has 0 aliphatic rings. The highest BCUT2D eigenvalue weighted by Gasteiger charge is 2.29. The van der Waals surface area contributed by atoms with E-state index in [0.29, 0.717) is 6.54 Å². The molecule has 0 radical (unpaired) electrons. The van der Waals surface area contributed by atoms with Crippen LogP contribution in [0.3, 0.4) is 0 Å². The molecule has 0 spiro atoms. The van der Waals surface area contributed by atoms with E-state index in [1.54, 1.807) is 0 Å². The third-order valence-electron chi connectivity index (χ3n) is 2.91. The summed E-state index contributed by atoms with van der Waals surface area (Å²) in [5.74, 6) is 0. The molecule has 1 nitrogen and oxygen atoms in total. The Kier molecular flexibility index (Phi) is 3.79. The summed E-state index contributed by atoms with van der Waals surface area (Å²) in [5.41, 5.74) is 2.29. The minimum atomic E-state index is -4.28. The Hall–Kier alpha value is -1.97. The SMILES string of the molecule is Cc1ccccc1NCc1ccc(C(F)(F)F)cc1. The van der Waals surface area contributed by atoms with E-state index in [4.69, 9.17) is 0 Å². The maximum absolute atomic E-state index is 12.4. The Labute approximate surface area is 110 Å². The highest BCUT2D eigenvalue weighted by atomic mass is 19.4. The topological polar surface area (TPSA) is 12.0 Å². The highest BCUT2D eigenvalue weighted by Crippen LogP contribution is 2.29. The van der Waals surface area contributed by atoms with Gasteiger partial charge in [0.1, 0.15) is 0 Å². The average molecular weight is 265 g/mol. The molecule has 0 aliphatic heterocycles. The monoisotopic (exact) mass is 265 g/mol. The third-order valence-corrected chi connectivity index (χ3v) is 2.91. The molecule has 0 heterocycles. The molecule has 0 aromatic heterocycles. The second kappa shape index (κ2) is 5.34. The molecule has 1 N–H and O–H groups in total. The van der Waals surface area contributed by atoms with E-state index in [1.165, 1.54) is 12.1 Å². The van der Waals surface area contributed by atoms with Crippen LogP contribution in [-0.2, 0) is 12.7 Å². The van der Waals surface area contributed by atoms with Gasteiger partial charge in [-0.1, -0.05) is 30.3 Å². The first-order chi connectivity index (χ1) is 8.97. The van der Waals surface area contributed by atoms with E-state index in [1.807, 2.05) is 31.2 Å². The number of hydrogen-bond acceptors (Lipinski definition) is 1. The van der Waals surface area contributed by atoms with Gasteiger partial charge in [-0.25, -0.2) is 0 Å². The van der Waals surface area contributed by atoms with Crippen molar-refractivity contribution in [1.29, 1.82) is 0 Å². The summed E-state index contributed by atoms with van der Waals surface area (Å²) in [5, 5.41) is 3.21. The van der Waals surface area contributed by atoms with Crippen molar-refractivity contribution >= 4 is 5.69 Å². The van der Waals surface area contributed by atoms with Crippen LogP contribution in [0.4, 0.5) is 18.9 Å². The number of rotatable bonds is 3. The zero-order chi connectivity index (χ0) is 13.9. The molecule has 0 aliphatic carbocycles. The molecule has 0 bridgehead atoms. The van der Waals surface area contributed by atoms with Crippen molar-refractivity contribution in [2.75, 3.05) is 5.32 Å². The predicted octanol–water partition coefficient (Wildman–Crippen LogP) is 4.63. The maximum Gasteiger partial charge on any atom is 0.416 e. The fourth-order valence-corrected chi connectivity index (χ4v) is 1.78.